The van der Waals surface area contributed by atoms with Gasteiger partial charge in [0.25, 0.3) is 0 Å². The molecule has 0 aliphatic carbocycles. The molecule has 0 aliphatic heterocycles. The van der Waals surface area contributed by atoms with Crippen molar-refractivity contribution in [2.24, 2.45) is 0 Å². The molecule has 410 valence electrons. The van der Waals surface area contributed by atoms with Gasteiger partial charge in [0.05, 0.1) is 0 Å². The summed E-state index contributed by atoms with van der Waals surface area (Å²) in [6, 6.07) is 0. The standard InChI is InChI=1S/C66H110O6/c1-4-7-10-13-16-19-22-24-26-28-30-32-33-35-36-38-40-42-44-47-50-53-56-59-65(68)71-62-63(61-70-64(67)58-55-52-49-46-21-18-15-12-9-6-3)72-66(69)60-57-54-51-48-45-43-41-39-37-34-31-29-27-25-23-20-17-14-11-8-5-2/h8,11-12,15,17,20,22,24-25,27-28,30-31,33-35,39,41,63H,4-7,9-10,13-14,16,18-19,21,23,26,29,32,36-38,40,42-62H2,1-3H3/b11-8-,15-12-,20-17-,24-22-,27-25-,30-28-,34-31-,35-33-,41-39-. The molecule has 0 fully saturated rings. The third kappa shape index (κ3) is 57.0. The fourth-order valence-electron chi connectivity index (χ4n) is 8.01. The van der Waals surface area contributed by atoms with Crippen LogP contribution < -0.4 is 0 Å². The number of unbranched alkanes of at least 4 members (excludes halogenated alkanes) is 24. The molecular weight excluding hydrogens is 889 g/mol. The molecule has 0 N–H and O–H groups in total. The maximum absolute atomic E-state index is 12.9. The predicted octanol–water partition coefficient (Wildman–Crippen LogP) is 20.3. The highest BCUT2D eigenvalue weighted by Crippen LogP contribution is 2.14. The van der Waals surface area contributed by atoms with Gasteiger partial charge in [-0.2, -0.15) is 0 Å². The lowest BCUT2D eigenvalue weighted by Gasteiger charge is -2.18. The Kier molecular flexibility index (Phi) is 56.4. The summed E-state index contributed by atoms with van der Waals surface area (Å²) in [7, 11) is 0. The van der Waals surface area contributed by atoms with E-state index >= 15 is 0 Å². The molecule has 0 aliphatic rings. The van der Waals surface area contributed by atoms with Crippen molar-refractivity contribution in [3.8, 4) is 0 Å². The number of carbonyl (C=O) groups excluding carboxylic acids is 3. The highest BCUT2D eigenvalue weighted by molar-refractivity contribution is 5.71. The van der Waals surface area contributed by atoms with E-state index < -0.39 is 6.10 Å². The first kappa shape index (κ1) is 68.1. The summed E-state index contributed by atoms with van der Waals surface area (Å²) in [5.41, 5.74) is 0. The van der Waals surface area contributed by atoms with Crippen LogP contribution in [0.5, 0.6) is 0 Å². The average Bonchev–Trinajstić information content (AvgIpc) is 3.38. The summed E-state index contributed by atoms with van der Waals surface area (Å²) >= 11 is 0. The molecule has 0 spiro atoms. The normalized spacial score (nSPS) is 12.9. The smallest absolute Gasteiger partial charge is 0.306 e. The third-order valence-electron chi connectivity index (χ3n) is 12.5. The Hall–Kier alpha value is -3.93. The van der Waals surface area contributed by atoms with Gasteiger partial charge in [0.2, 0.25) is 0 Å². The number of rotatable bonds is 53. The van der Waals surface area contributed by atoms with E-state index in [0.29, 0.717) is 19.3 Å². The number of hydrogen-bond acceptors (Lipinski definition) is 6. The second-order valence-electron chi connectivity index (χ2n) is 19.5. The van der Waals surface area contributed by atoms with Crippen LogP contribution in [0.2, 0.25) is 0 Å². The van der Waals surface area contributed by atoms with E-state index in [4.69, 9.17) is 14.2 Å². The van der Waals surface area contributed by atoms with Crippen molar-refractivity contribution < 1.29 is 28.6 Å². The SMILES string of the molecule is CC/C=C\C/C=C\C/C=C\C/C=C\C/C=C\CCCCCCCC(=O)OC(COC(=O)CCCCCCC/C=C\CCC)COC(=O)CCCCCCCCCC/C=C\C/C=C\C/C=C\CCCCCCC. The van der Waals surface area contributed by atoms with Crippen LogP contribution in [-0.4, -0.2) is 37.2 Å². The van der Waals surface area contributed by atoms with Crippen LogP contribution in [0.3, 0.4) is 0 Å². The molecule has 0 aromatic rings. The lowest BCUT2D eigenvalue weighted by atomic mass is 10.1. The predicted molar refractivity (Wildman–Crippen MR) is 311 cm³/mol. The van der Waals surface area contributed by atoms with Gasteiger partial charge in [0.1, 0.15) is 13.2 Å². The first-order valence-electron chi connectivity index (χ1n) is 29.9. The highest BCUT2D eigenvalue weighted by atomic mass is 16.6. The van der Waals surface area contributed by atoms with Crippen LogP contribution in [0, 0.1) is 0 Å². The maximum Gasteiger partial charge on any atom is 0.306 e. The second-order valence-corrected chi connectivity index (χ2v) is 19.5. The summed E-state index contributed by atoms with van der Waals surface area (Å²) < 4.78 is 16.8. The molecule has 0 saturated carbocycles. The highest BCUT2D eigenvalue weighted by Gasteiger charge is 2.19. The van der Waals surface area contributed by atoms with Crippen molar-refractivity contribution in [2.75, 3.05) is 13.2 Å². The van der Waals surface area contributed by atoms with Crippen LogP contribution in [0.25, 0.3) is 0 Å². The number of carbonyl (C=O) groups is 3. The first-order valence-corrected chi connectivity index (χ1v) is 29.9. The van der Waals surface area contributed by atoms with E-state index in [1.807, 2.05) is 0 Å². The zero-order valence-corrected chi connectivity index (χ0v) is 46.9. The van der Waals surface area contributed by atoms with E-state index in [9.17, 15) is 14.4 Å². The van der Waals surface area contributed by atoms with Crippen molar-refractivity contribution >= 4 is 17.9 Å². The van der Waals surface area contributed by atoms with Crippen LogP contribution in [-0.2, 0) is 28.6 Å². The Balaban J connectivity index is 4.36. The van der Waals surface area contributed by atoms with E-state index in [0.717, 1.165) is 148 Å². The molecule has 0 saturated heterocycles. The molecule has 0 amide bonds. The molecule has 1 atom stereocenters. The molecule has 1 unspecified atom stereocenters. The second kappa shape index (κ2) is 59.6. The third-order valence-corrected chi connectivity index (χ3v) is 12.5. The van der Waals surface area contributed by atoms with E-state index in [-0.39, 0.29) is 31.1 Å². The maximum atomic E-state index is 12.9. The Labute approximate surface area is 444 Å². The van der Waals surface area contributed by atoms with Gasteiger partial charge in [0, 0.05) is 19.3 Å². The Morgan fingerprint density at radius 1 is 0.292 bits per heavy atom. The van der Waals surface area contributed by atoms with E-state index in [1.165, 1.54) is 83.5 Å². The van der Waals surface area contributed by atoms with Gasteiger partial charge < -0.3 is 14.2 Å². The van der Waals surface area contributed by atoms with Gasteiger partial charge in [-0.1, -0.05) is 239 Å². The molecule has 0 radical (unpaired) electrons. The fourth-order valence-corrected chi connectivity index (χ4v) is 8.01. The molecule has 0 aromatic carbocycles. The molecule has 6 heteroatoms. The van der Waals surface area contributed by atoms with Gasteiger partial charge in [0.15, 0.2) is 6.10 Å². The van der Waals surface area contributed by atoms with Crippen molar-refractivity contribution in [3.63, 3.8) is 0 Å². The Bertz CT molecular complexity index is 1470. The Morgan fingerprint density at radius 2 is 0.569 bits per heavy atom. The van der Waals surface area contributed by atoms with Crippen molar-refractivity contribution in [2.45, 2.75) is 277 Å². The number of esters is 3. The van der Waals surface area contributed by atoms with Gasteiger partial charge in [-0.25, -0.2) is 0 Å². The quantitative estimate of drug-likeness (QED) is 0.0261. The van der Waals surface area contributed by atoms with Crippen molar-refractivity contribution in [1.82, 2.24) is 0 Å². The monoisotopic (exact) mass is 999 g/mol. The minimum Gasteiger partial charge on any atom is -0.462 e. The summed E-state index contributed by atoms with van der Waals surface area (Å²) in [4.78, 5) is 38.1. The summed E-state index contributed by atoms with van der Waals surface area (Å²) in [5.74, 6) is -0.930. The number of ether oxygens (including phenoxy) is 3. The molecule has 0 rings (SSSR count). The molecule has 0 heterocycles. The largest absolute Gasteiger partial charge is 0.462 e. The first-order chi connectivity index (χ1) is 35.5. The van der Waals surface area contributed by atoms with Crippen LogP contribution in [0.1, 0.15) is 271 Å². The topological polar surface area (TPSA) is 78.9 Å². The Morgan fingerprint density at radius 3 is 0.917 bits per heavy atom. The number of hydrogen-bond donors (Lipinski definition) is 0. The minimum atomic E-state index is -0.797. The minimum absolute atomic E-state index is 0.0940. The zero-order chi connectivity index (χ0) is 52.2. The van der Waals surface area contributed by atoms with Gasteiger partial charge in [-0.15, -0.1) is 0 Å². The molecule has 0 bridgehead atoms. The molecule has 72 heavy (non-hydrogen) atoms. The van der Waals surface area contributed by atoms with E-state index in [1.54, 1.807) is 0 Å². The zero-order valence-electron chi connectivity index (χ0n) is 46.9. The van der Waals surface area contributed by atoms with Crippen LogP contribution in [0.4, 0.5) is 0 Å². The molecular formula is C66H110O6. The summed E-state index contributed by atoms with van der Waals surface area (Å²) in [6.07, 6.45) is 80.9. The molecule has 6 nitrogen and oxygen atoms in total. The number of allylic oxidation sites excluding steroid dienone is 18. The van der Waals surface area contributed by atoms with E-state index in [2.05, 4.69) is 130 Å². The summed E-state index contributed by atoms with van der Waals surface area (Å²) in [5, 5.41) is 0. The van der Waals surface area contributed by atoms with Crippen LogP contribution in [0.15, 0.2) is 109 Å². The summed E-state index contributed by atoms with van der Waals surface area (Å²) in [6.45, 7) is 6.43. The lowest BCUT2D eigenvalue weighted by Crippen LogP contribution is -2.30. The van der Waals surface area contributed by atoms with Crippen molar-refractivity contribution in [3.05, 3.63) is 109 Å². The van der Waals surface area contributed by atoms with Crippen molar-refractivity contribution in [1.29, 1.82) is 0 Å². The fraction of sp³-hybridized carbons (Fsp3) is 0.682. The lowest BCUT2D eigenvalue weighted by molar-refractivity contribution is -0.167. The van der Waals surface area contributed by atoms with Gasteiger partial charge >= 0.3 is 17.9 Å². The van der Waals surface area contributed by atoms with Gasteiger partial charge in [-0.3, -0.25) is 14.4 Å². The van der Waals surface area contributed by atoms with Crippen LogP contribution >= 0.6 is 0 Å². The average molecular weight is 1000 g/mol. The van der Waals surface area contributed by atoms with Gasteiger partial charge in [-0.05, 0) is 122 Å². The molecule has 0 aromatic heterocycles.